The van der Waals surface area contributed by atoms with Gasteiger partial charge in [0.1, 0.15) is 29.6 Å². The van der Waals surface area contributed by atoms with Gasteiger partial charge < -0.3 is 23.7 Å². The Morgan fingerprint density at radius 1 is 1.00 bits per heavy atom. The van der Waals surface area contributed by atoms with Crippen LogP contribution in [0.25, 0.3) is 10.9 Å². The molecule has 1 aromatic heterocycles. The Hall–Kier alpha value is -3.32. The van der Waals surface area contributed by atoms with Crippen LogP contribution < -0.4 is 14.2 Å². The van der Waals surface area contributed by atoms with E-state index in [0.717, 1.165) is 28.1 Å². The zero-order valence-electron chi connectivity index (χ0n) is 18.5. The van der Waals surface area contributed by atoms with Crippen molar-refractivity contribution < 1.29 is 28.5 Å². The summed E-state index contributed by atoms with van der Waals surface area (Å²) in [5.41, 5.74) is 3.28. The third-order valence-corrected chi connectivity index (χ3v) is 4.88. The number of aromatic nitrogens is 1. The molecule has 0 bridgehead atoms. The predicted octanol–water partition coefficient (Wildman–Crippen LogP) is 5.38. The van der Waals surface area contributed by atoms with Crippen molar-refractivity contribution in [2.24, 2.45) is 0 Å². The van der Waals surface area contributed by atoms with E-state index in [2.05, 4.69) is 0 Å². The van der Waals surface area contributed by atoms with E-state index in [0.29, 0.717) is 35.7 Å². The molecule has 1 heterocycles. The number of hydrogen-bond acceptors (Lipinski definition) is 7. The average molecular weight is 425 g/mol. The second kappa shape index (κ2) is 10.1. The molecule has 0 radical (unpaired) electrons. The minimum absolute atomic E-state index is 0.114. The molecule has 0 atom stereocenters. The first-order valence-electron chi connectivity index (χ1n) is 10.1. The molecule has 0 aliphatic carbocycles. The van der Waals surface area contributed by atoms with Crippen LogP contribution in [-0.4, -0.2) is 38.6 Å². The second-order valence-corrected chi connectivity index (χ2v) is 6.97. The molecule has 3 rings (SSSR count). The molecule has 0 amide bonds. The number of fused-ring (bicyclic) bond motifs is 1. The van der Waals surface area contributed by atoms with Gasteiger partial charge in [-0.05, 0) is 62.2 Å². The van der Waals surface area contributed by atoms with Crippen molar-refractivity contribution in [1.29, 1.82) is 0 Å². The third-order valence-electron chi connectivity index (χ3n) is 4.88. The van der Waals surface area contributed by atoms with Crippen LogP contribution in [0.15, 0.2) is 36.4 Å². The van der Waals surface area contributed by atoms with E-state index in [9.17, 15) is 4.79 Å². The lowest BCUT2D eigenvalue weighted by atomic mass is 10.0. The summed E-state index contributed by atoms with van der Waals surface area (Å²) in [7, 11) is 3.15. The summed E-state index contributed by atoms with van der Waals surface area (Å²) in [5.74, 6) is 2.47. The molecule has 0 spiro atoms. The van der Waals surface area contributed by atoms with Crippen LogP contribution in [0.3, 0.4) is 0 Å². The topological polar surface area (TPSA) is 76.1 Å². The summed E-state index contributed by atoms with van der Waals surface area (Å²) in [6.45, 7) is 6.25. The van der Waals surface area contributed by atoms with Gasteiger partial charge in [-0.15, -0.1) is 0 Å². The zero-order chi connectivity index (χ0) is 22.4. The predicted molar refractivity (Wildman–Crippen MR) is 118 cm³/mol. The molecule has 0 saturated carbocycles. The van der Waals surface area contributed by atoms with Crippen molar-refractivity contribution in [2.45, 2.75) is 27.2 Å². The fraction of sp³-hybridized carbons (Fsp3) is 0.333. The lowest BCUT2D eigenvalue weighted by Crippen LogP contribution is -2.15. The number of carbonyl (C=O) groups excluding carboxylic acids is 1. The highest BCUT2D eigenvalue weighted by atomic mass is 16.7. The largest absolute Gasteiger partial charge is 0.513 e. The Labute approximate surface area is 181 Å². The van der Waals surface area contributed by atoms with Gasteiger partial charge >= 0.3 is 6.16 Å². The van der Waals surface area contributed by atoms with Crippen LogP contribution in [0.2, 0.25) is 0 Å². The standard InChI is InChI=1S/C24H27NO6/c1-6-20-16(3)23(31-24(26)29-12-11-27-4)19-14-22(15(2)13-21(19)25-20)30-18-9-7-17(28-5)8-10-18/h7-10,13-14H,6,11-12H2,1-5H3. The number of carbonyl (C=O) groups is 1. The van der Waals surface area contributed by atoms with Crippen LogP contribution in [0.4, 0.5) is 4.79 Å². The van der Waals surface area contributed by atoms with Crippen molar-refractivity contribution in [3.63, 3.8) is 0 Å². The highest BCUT2D eigenvalue weighted by Gasteiger charge is 2.18. The molecule has 31 heavy (non-hydrogen) atoms. The van der Waals surface area contributed by atoms with Gasteiger partial charge in [0.25, 0.3) is 0 Å². The van der Waals surface area contributed by atoms with Crippen molar-refractivity contribution in [2.75, 3.05) is 27.4 Å². The lowest BCUT2D eigenvalue weighted by molar-refractivity contribution is 0.0687. The van der Waals surface area contributed by atoms with Crippen LogP contribution >= 0.6 is 0 Å². The van der Waals surface area contributed by atoms with E-state index in [1.807, 2.05) is 57.2 Å². The average Bonchev–Trinajstić information content (AvgIpc) is 2.77. The number of aryl methyl sites for hydroxylation is 2. The fourth-order valence-corrected chi connectivity index (χ4v) is 3.19. The van der Waals surface area contributed by atoms with Crippen LogP contribution in [-0.2, 0) is 15.9 Å². The monoisotopic (exact) mass is 425 g/mol. The molecular formula is C24H27NO6. The molecule has 7 nitrogen and oxygen atoms in total. The zero-order valence-corrected chi connectivity index (χ0v) is 18.5. The molecule has 0 aliphatic rings. The maximum absolute atomic E-state index is 12.2. The maximum Gasteiger partial charge on any atom is 0.513 e. The summed E-state index contributed by atoms with van der Waals surface area (Å²) >= 11 is 0. The van der Waals surface area contributed by atoms with Crippen molar-refractivity contribution in [3.8, 4) is 23.0 Å². The van der Waals surface area contributed by atoms with Gasteiger partial charge in [0.15, 0.2) is 0 Å². The minimum atomic E-state index is -0.784. The Bertz CT molecular complexity index is 1060. The second-order valence-electron chi connectivity index (χ2n) is 6.97. The Balaban J connectivity index is 2.00. The Morgan fingerprint density at radius 3 is 2.35 bits per heavy atom. The minimum Gasteiger partial charge on any atom is -0.497 e. The number of rotatable bonds is 8. The normalized spacial score (nSPS) is 10.7. The van der Waals surface area contributed by atoms with E-state index in [4.69, 9.17) is 28.7 Å². The lowest BCUT2D eigenvalue weighted by Gasteiger charge is -2.16. The molecule has 0 unspecified atom stereocenters. The van der Waals surface area contributed by atoms with Crippen LogP contribution in [0.1, 0.15) is 23.7 Å². The van der Waals surface area contributed by atoms with Crippen molar-refractivity contribution in [1.82, 2.24) is 4.98 Å². The van der Waals surface area contributed by atoms with Gasteiger partial charge in [0.05, 0.1) is 19.2 Å². The number of pyridine rings is 1. The Kier molecular flexibility index (Phi) is 7.31. The molecule has 164 valence electrons. The molecule has 0 fully saturated rings. The molecular weight excluding hydrogens is 398 g/mol. The van der Waals surface area contributed by atoms with Crippen LogP contribution in [0, 0.1) is 13.8 Å². The van der Waals surface area contributed by atoms with E-state index in [-0.39, 0.29) is 6.61 Å². The summed E-state index contributed by atoms with van der Waals surface area (Å²) in [6, 6.07) is 11.1. The highest BCUT2D eigenvalue weighted by Crippen LogP contribution is 2.37. The number of ether oxygens (including phenoxy) is 5. The number of methoxy groups -OCH3 is 2. The summed E-state index contributed by atoms with van der Waals surface area (Å²) < 4.78 is 26.9. The van der Waals surface area contributed by atoms with Crippen molar-refractivity contribution >= 4 is 17.1 Å². The van der Waals surface area contributed by atoms with E-state index in [1.54, 1.807) is 7.11 Å². The molecule has 2 aromatic carbocycles. The van der Waals surface area contributed by atoms with Gasteiger partial charge in [-0.3, -0.25) is 4.98 Å². The molecule has 0 saturated heterocycles. The van der Waals surface area contributed by atoms with E-state index < -0.39 is 6.16 Å². The van der Waals surface area contributed by atoms with E-state index in [1.165, 1.54) is 7.11 Å². The van der Waals surface area contributed by atoms with Gasteiger partial charge in [-0.25, -0.2) is 4.79 Å². The first kappa shape index (κ1) is 22.4. The van der Waals surface area contributed by atoms with Gasteiger partial charge in [0, 0.05) is 23.8 Å². The first-order chi connectivity index (χ1) is 15.0. The molecule has 0 aliphatic heterocycles. The fourth-order valence-electron chi connectivity index (χ4n) is 3.19. The van der Waals surface area contributed by atoms with Gasteiger partial charge in [0.2, 0.25) is 0 Å². The number of benzene rings is 2. The molecule has 3 aromatic rings. The summed E-state index contributed by atoms with van der Waals surface area (Å²) in [4.78, 5) is 17.0. The van der Waals surface area contributed by atoms with Crippen molar-refractivity contribution in [3.05, 3.63) is 53.2 Å². The summed E-state index contributed by atoms with van der Waals surface area (Å²) in [6.07, 6.45) is -0.0760. The molecule has 7 heteroatoms. The van der Waals surface area contributed by atoms with Gasteiger partial charge in [-0.2, -0.15) is 0 Å². The summed E-state index contributed by atoms with van der Waals surface area (Å²) in [5, 5.41) is 0.674. The van der Waals surface area contributed by atoms with E-state index >= 15 is 0 Å². The highest BCUT2D eigenvalue weighted by molar-refractivity contribution is 5.90. The Morgan fingerprint density at radius 2 is 1.71 bits per heavy atom. The van der Waals surface area contributed by atoms with Gasteiger partial charge in [-0.1, -0.05) is 6.92 Å². The van der Waals surface area contributed by atoms with Crippen LogP contribution in [0.5, 0.6) is 23.0 Å². The smallest absolute Gasteiger partial charge is 0.497 e. The maximum atomic E-state index is 12.2. The number of hydrogen-bond donors (Lipinski definition) is 0. The molecule has 0 N–H and O–H groups in total. The quantitative estimate of drug-likeness (QED) is 0.354. The first-order valence-corrected chi connectivity index (χ1v) is 10.1. The SMILES string of the molecule is CCc1nc2cc(C)c(Oc3ccc(OC)cc3)cc2c(OC(=O)OCCOC)c1C. The number of nitrogens with zero attached hydrogens (tertiary/aromatic N) is 1. The third kappa shape index (κ3) is 5.24.